The molecule has 1 aliphatic heterocycles. The average molecular weight is 311 g/mol. The third kappa shape index (κ3) is 3.84. The van der Waals surface area contributed by atoms with Crippen LogP contribution < -0.4 is 0 Å². The molecule has 124 valence electrons. The Balaban J connectivity index is 1.78. The Kier molecular flexibility index (Phi) is 5.16. The van der Waals surface area contributed by atoms with E-state index in [4.69, 9.17) is 0 Å². The van der Waals surface area contributed by atoms with Gasteiger partial charge in [0.05, 0.1) is 6.20 Å². The number of aryl methyl sites for hydroxylation is 1. The van der Waals surface area contributed by atoms with E-state index in [1.807, 2.05) is 6.20 Å². The summed E-state index contributed by atoms with van der Waals surface area (Å²) in [6.45, 7) is 10.4. The van der Waals surface area contributed by atoms with E-state index in [1.165, 1.54) is 54.7 Å². The number of H-pyrrole nitrogens is 1. The van der Waals surface area contributed by atoms with E-state index < -0.39 is 0 Å². The van der Waals surface area contributed by atoms with Crippen molar-refractivity contribution in [1.29, 1.82) is 0 Å². The minimum absolute atomic E-state index is 0.575. The smallest absolute Gasteiger partial charge is 0.0568 e. The normalized spacial score (nSPS) is 20.6. The molecule has 1 fully saturated rings. The van der Waals surface area contributed by atoms with Gasteiger partial charge in [0, 0.05) is 30.3 Å². The van der Waals surface area contributed by atoms with Gasteiger partial charge >= 0.3 is 0 Å². The second-order valence-electron chi connectivity index (χ2n) is 7.18. The van der Waals surface area contributed by atoms with Gasteiger partial charge in [-0.05, 0) is 37.8 Å². The molecule has 0 amide bonds. The molecule has 2 atom stereocenters. The van der Waals surface area contributed by atoms with Gasteiger partial charge in [0.2, 0.25) is 0 Å². The average Bonchev–Trinajstić information content (AvgIpc) is 3.04. The number of benzene rings is 1. The lowest BCUT2D eigenvalue weighted by Crippen LogP contribution is -2.37. The monoisotopic (exact) mass is 311 g/mol. The van der Waals surface area contributed by atoms with Crippen molar-refractivity contribution in [2.45, 2.75) is 46.0 Å². The van der Waals surface area contributed by atoms with Gasteiger partial charge in [-0.3, -0.25) is 5.10 Å². The second kappa shape index (κ2) is 7.31. The number of hydrogen-bond acceptors (Lipinski definition) is 2. The lowest BCUT2D eigenvalue weighted by atomic mass is 9.90. The van der Waals surface area contributed by atoms with Gasteiger partial charge in [-0.1, -0.05) is 50.1 Å². The molecule has 0 spiro atoms. The number of rotatable bonds is 5. The fourth-order valence-corrected chi connectivity index (χ4v) is 3.68. The van der Waals surface area contributed by atoms with Gasteiger partial charge in [0.25, 0.3) is 0 Å². The summed E-state index contributed by atoms with van der Waals surface area (Å²) >= 11 is 0. The lowest BCUT2D eigenvalue weighted by Gasteiger charge is -2.34. The number of aromatic amines is 1. The SMILES string of the molecule is CC[C@@H](C)CN1CCC[C@@H](c2[nH]ncc2-c2cccc(C)c2)C1. The highest BCUT2D eigenvalue weighted by atomic mass is 15.2. The molecule has 1 aliphatic rings. The van der Waals surface area contributed by atoms with Gasteiger partial charge in [0.15, 0.2) is 0 Å². The van der Waals surface area contributed by atoms with Crippen LogP contribution in [0.15, 0.2) is 30.5 Å². The van der Waals surface area contributed by atoms with Crippen molar-refractivity contribution in [1.82, 2.24) is 15.1 Å². The minimum atomic E-state index is 0.575. The zero-order valence-corrected chi connectivity index (χ0v) is 14.7. The molecule has 0 aliphatic carbocycles. The number of nitrogens with one attached hydrogen (secondary N) is 1. The highest BCUT2D eigenvalue weighted by Crippen LogP contribution is 2.33. The van der Waals surface area contributed by atoms with Crippen molar-refractivity contribution in [3.05, 3.63) is 41.7 Å². The van der Waals surface area contributed by atoms with E-state index in [1.54, 1.807) is 0 Å². The predicted octanol–water partition coefficient (Wildman–Crippen LogP) is 4.61. The van der Waals surface area contributed by atoms with Crippen LogP contribution in [-0.2, 0) is 0 Å². The molecule has 1 aromatic heterocycles. The molecule has 0 unspecified atom stereocenters. The summed E-state index contributed by atoms with van der Waals surface area (Å²) in [6.07, 6.45) is 5.81. The first-order chi connectivity index (χ1) is 11.2. The van der Waals surface area contributed by atoms with Crippen molar-refractivity contribution in [2.75, 3.05) is 19.6 Å². The molecule has 23 heavy (non-hydrogen) atoms. The van der Waals surface area contributed by atoms with Crippen LogP contribution in [0.3, 0.4) is 0 Å². The maximum absolute atomic E-state index is 4.36. The zero-order valence-electron chi connectivity index (χ0n) is 14.7. The van der Waals surface area contributed by atoms with Gasteiger partial charge in [0.1, 0.15) is 0 Å². The van der Waals surface area contributed by atoms with Crippen LogP contribution in [0.5, 0.6) is 0 Å². The van der Waals surface area contributed by atoms with Crippen molar-refractivity contribution in [3.63, 3.8) is 0 Å². The molecule has 1 saturated heterocycles. The molecule has 0 radical (unpaired) electrons. The molecule has 3 nitrogen and oxygen atoms in total. The fraction of sp³-hybridized carbons (Fsp3) is 0.550. The summed E-state index contributed by atoms with van der Waals surface area (Å²) in [4.78, 5) is 2.64. The number of piperidine rings is 1. The fourth-order valence-electron chi connectivity index (χ4n) is 3.68. The molecular weight excluding hydrogens is 282 g/mol. The van der Waals surface area contributed by atoms with Crippen LogP contribution in [0.25, 0.3) is 11.1 Å². The molecule has 1 aromatic carbocycles. The van der Waals surface area contributed by atoms with E-state index >= 15 is 0 Å². The van der Waals surface area contributed by atoms with E-state index in [2.05, 4.69) is 60.1 Å². The van der Waals surface area contributed by atoms with Gasteiger partial charge < -0.3 is 4.90 Å². The Labute approximate surface area is 140 Å². The Morgan fingerprint density at radius 1 is 1.39 bits per heavy atom. The van der Waals surface area contributed by atoms with Crippen LogP contribution in [0, 0.1) is 12.8 Å². The molecule has 2 aromatic rings. The molecule has 0 saturated carbocycles. The van der Waals surface area contributed by atoms with Crippen molar-refractivity contribution >= 4 is 0 Å². The Morgan fingerprint density at radius 2 is 2.26 bits per heavy atom. The summed E-state index contributed by atoms with van der Waals surface area (Å²) in [5.41, 5.74) is 5.19. The topological polar surface area (TPSA) is 31.9 Å². The summed E-state index contributed by atoms with van der Waals surface area (Å²) in [6, 6.07) is 8.74. The van der Waals surface area contributed by atoms with E-state index in [0.29, 0.717) is 5.92 Å². The van der Waals surface area contributed by atoms with Gasteiger partial charge in [-0.2, -0.15) is 5.10 Å². The quantitative estimate of drug-likeness (QED) is 0.874. The summed E-state index contributed by atoms with van der Waals surface area (Å²) in [5, 5.41) is 7.67. The van der Waals surface area contributed by atoms with Crippen LogP contribution in [0.4, 0.5) is 0 Å². The first-order valence-electron chi connectivity index (χ1n) is 9.00. The maximum Gasteiger partial charge on any atom is 0.0568 e. The first kappa shape index (κ1) is 16.3. The van der Waals surface area contributed by atoms with E-state index in [9.17, 15) is 0 Å². The van der Waals surface area contributed by atoms with Crippen LogP contribution >= 0.6 is 0 Å². The summed E-state index contributed by atoms with van der Waals surface area (Å²) in [5.74, 6) is 1.36. The third-order valence-corrected chi connectivity index (χ3v) is 5.18. The molecule has 3 heteroatoms. The second-order valence-corrected chi connectivity index (χ2v) is 7.18. The summed E-state index contributed by atoms with van der Waals surface area (Å²) < 4.78 is 0. The van der Waals surface area contributed by atoms with Crippen LogP contribution in [-0.4, -0.2) is 34.7 Å². The largest absolute Gasteiger partial charge is 0.302 e. The molecule has 1 N–H and O–H groups in total. The van der Waals surface area contributed by atoms with Gasteiger partial charge in [-0.25, -0.2) is 0 Å². The van der Waals surface area contributed by atoms with Crippen LogP contribution in [0.1, 0.15) is 50.3 Å². The molecule has 3 rings (SSSR count). The van der Waals surface area contributed by atoms with Gasteiger partial charge in [-0.15, -0.1) is 0 Å². The van der Waals surface area contributed by atoms with Crippen LogP contribution in [0.2, 0.25) is 0 Å². The van der Waals surface area contributed by atoms with Crippen molar-refractivity contribution in [3.8, 4) is 11.1 Å². The third-order valence-electron chi connectivity index (χ3n) is 5.18. The Hall–Kier alpha value is -1.61. The molecule has 0 bridgehead atoms. The number of aromatic nitrogens is 2. The highest BCUT2D eigenvalue weighted by molar-refractivity contribution is 5.66. The standard InChI is InChI=1S/C20H29N3/c1-4-15(2)13-23-10-6-9-18(14-23)20-19(12-21-22-20)17-8-5-7-16(3)11-17/h5,7-8,11-12,15,18H,4,6,9-10,13-14H2,1-3H3,(H,21,22)/t15-,18-/m1/s1. The highest BCUT2D eigenvalue weighted by Gasteiger charge is 2.25. The number of likely N-dealkylation sites (tertiary alicyclic amines) is 1. The molecule has 2 heterocycles. The lowest BCUT2D eigenvalue weighted by molar-refractivity contribution is 0.180. The predicted molar refractivity (Wildman–Crippen MR) is 96.6 cm³/mol. The number of hydrogen-bond donors (Lipinski definition) is 1. The Bertz CT molecular complexity index is 631. The van der Waals surface area contributed by atoms with E-state index in [0.717, 1.165) is 12.5 Å². The summed E-state index contributed by atoms with van der Waals surface area (Å²) in [7, 11) is 0. The van der Waals surface area contributed by atoms with Crippen molar-refractivity contribution < 1.29 is 0 Å². The Morgan fingerprint density at radius 3 is 3.04 bits per heavy atom. The minimum Gasteiger partial charge on any atom is -0.302 e. The van der Waals surface area contributed by atoms with E-state index in [-0.39, 0.29) is 0 Å². The first-order valence-corrected chi connectivity index (χ1v) is 9.00. The zero-order chi connectivity index (χ0) is 16.2. The molecular formula is C20H29N3. The maximum atomic E-state index is 4.36. The number of nitrogens with zero attached hydrogens (tertiary/aromatic N) is 2. The van der Waals surface area contributed by atoms with Crippen molar-refractivity contribution in [2.24, 2.45) is 5.92 Å².